The van der Waals surface area contributed by atoms with Gasteiger partial charge in [0.15, 0.2) is 5.13 Å². The normalized spacial score (nSPS) is 16.9. The summed E-state index contributed by atoms with van der Waals surface area (Å²) >= 11 is 0.884. The van der Waals surface area contributed by atoms with Crippen molar-refractivity contribution in [3.8, 4) is 5.69 Å². The lowest BCUT2D eigenvalue weighted by atomic mass is 10.0. The standard InChI is InChI=1S/C27H24F2N4O2S/c28-20-2-4-21(5-3-20)33-10-9-18-15-19(1-6-23(18)33)26(34)32-16-22(17-32)30-11-13-31(14-12-30)27(35)24-7-8-25(29)36-24/h1-10,15,22H,11-14,16-17H2. The van der Waals surface area contributed by atoms with Crippen LogP contribution in [-0.2, 0) is 0 Å². The van der Waals surface area contributed by atoms with E-state index in [2.05, 4.69) is 4.90 Å². The Morgan fingerprint density at radius 3 is 2.25 bits per heavy atom. The Kier molecular flexibility index (Phi) is 5.81. The number of benzene rings is 2. The second-order valence-electron chi connectivity index (χ2n) is 9.23. The van der Waals surface area contributed by atoms with Gasteiger partial charge in [0.25, 0.3) is 11.8 Å². The molecule has 2 aromatic heterocycles. The number of carbonyl (C=O) groups excluding carboxylic acids is 2. The van der Waals surface area contributed by atoms with E-state index in [4.69, 9.17) is 0 Å². The van der Waals surface area contributed by atoms with E-state index in [1.165, 1.54) is 18.2 Å². The first kappa shape index (κ1) is 22.9. The van der Waals surface area contributed by atoms with Gasteiger partial charge in [-0.25, -0.2) is 4.39 Å². The van der Waals surface area contributed by atoms with Gasteiger partial charge in [0.05, 0.1) is 10.4 Å². The summed E-state index contributed by atoms with van der Waals surface area (Å²) in [5, 5.41) is 0.606. The minimum absolute atomic E-state index is 0.0104. The van der Waals surface area contributed by atoms with Crippen LogP contribution < -0.4 is 0 Å². The molecule has 2 aliphatic rings. The molecule has 0 unspecified atom stereocenters. The van der Waals surface area contributed by atoms with Gasteiger partial charge in [-0.1, -0.05) is 0 Å². The first-order valence-corrected chi connectivity index (χ1v) is 12.7. The highest BCUT2D eigenvalue weighted by atomic mass is 32.1. The van der Waals surface area contributed by atoms with E-state index < -0.39 is 0 Å². The lowest BCUT2D eigenvalue weighted by Gasteiger charge is -2.48. The Labute approximate surface area is 210 Å². The zero-order valence-corrected chi connectivity index (χ0v) is 20.3. The smallest absolute Gasteiger partial charge is 0.264 e. The molecule has 2 fully saturated rings. The van der Waals surface area contributed by atoms with Crippen LogP contribution in [0.4, 0.5) is 8.78 Å². The zero-order valence-electron chi connectivity index (χ0n) is 19.4. The quantitative estimate of drug-likeness (QED) is 0.416. The molecule has 6 nitrogen and oxygen atoms in total. The van der Waals surface area contributed by atoms with Crippen LogP contribution >= 0.6 is 11.3 Å². The molecule has 0 atom stereocenters. The number of amides is 2. The van der Waals surface area contributed by atoms with Crippen molar-refractivity contribution in [1.82, 2.24) is 19.3 Å². The fourth-order valence-electron chi connectivity index (χ4n) is 5.01. The predicted molar refractivity (Wildman–Crippen MR) is 135 cm³/mol. The van der Waals surface area contributed by atoms with Gasteiger partial charge in [0.1, 0.15) is 5.82 Å². The summed E-state index contributed by atoms with van der Waals surface area (Å²) < 4.78 is 28.5. The van der Waals surface area contributed by atoms with Gasteiger partial charge in [0, 0.05) is 68.1 Å². The Morgan fingerprint density at radius 2 is 1.56 bits per heavy atom. The first-order valence-electron chi connectivity index (χ1n) is 11.9. The summed E-state index contributed by atoms with van der Waals surface area (Å²) in [6.45, 7) is 4.02. The van der Waals surface area contributed by atoms with Crippen molar-refractivity contribution in [3.63, 3.8) is 0 Å². The number of fused-ring (bicyclic) bond motifs is 1. The molecule has 9 heteroatoms. The lowest BCUT2D eigenvalue weighted by molar-refractivity contribution is 0.00864. The summed E-state index contributed by atoms with van der Waals surface area (Å²) in [6.07, 6.45) is 1.92. The van der Waals surface area contributed by atoms with E-state index in [1.54, 1.807) is 23.1 Å². The molecule has 0 saturated carbocycles. The van der Waals surface area contributed by atoms with Gasteiger partial charge in [0.2, 0.25) is 0 Å². The molecule has 184 valence electrons. The Hall–Kier alpha value is -3.56. The van der Waals surface area contributed by atoms with Gasteiger partial charge < -0.3 is 14.4 Å². The van der Waals surface area contributed by atoms with E-state index in [0.29, 0.717) is 36.6 Å². The summed E-state index contributed by atoms with van der Waals surface area (Å²) in [5.74, 6) is -0.379. The number of thiophene rings is 1. The van der Waals surface area contributed by atoms with Crippen molar-refractivity contribution >= 4 is 34.1 Å². The maximum absolute atomic E-state index is 13.3. The number of piperazine rings is 1. The number of aromatic nitrogens is 1. The van der Waals surface area contributed by atoms with E-state index >= 15 is 0 Å². The van der Waals surface area contributed by atoms with Crippen LogP contribution in [0.15, 0.2) is 66.9 Å². The SMILES string of the molecule is O=C(c1ccc2c(ccn2-c2ccc(F)cc2)c1)N1CC(N2CCN(C(=O)c3ccc(F)s3)CC2)C1. The molecule has 36 heavy (non-hydrogen) atoms. The number of halogens is 2. The van der Waals surface area contributed by atoms with Crippen molar-refractivity contribution in [3.05, 3.63) is 88.2 Å². The monoisotopic (exact) mass is 506 g/mol. The molecule has 0 spiro atoms. The Morgan fingerprint density at radius 1 is 0.806 bits per heavy atom. The number of nitrogens with zero attached hydrogens (tertiary/aromatic N) is 4. The lowest BCUT2D eigenvalue weighted by Crippen LogP contribution is -2.64. The molecular formula is C27H24F2N4O2S. The maximum atomic E-state index is 13.3. The van der Waals surface area contributed by atoms with Gasteiger partial charge in [-0.2, -0.15) is 4.39 Å². The van der Waals surface area contributed by atoms with Gasteiger partial charge in [-0.05, 0) is 60.7 Å². The van der Waals surface area contributed by atoms with Crippen molar-refractivity contribution in [2.45, 2.75) is 6.04 Å². The highest BCUT2D eigenvalue weighted by molar-refractivity contribution is 7.12. The summed E-state index contributed by atoms with van der Waals surface area (Å²) in [6, 6.07) is 17.1. The molecule has 2 saturated heterocycles. The number of hydrogen-bond donors (Lipinski definition) is 0. The second-order valence-corrected chi connectivity index (χ2v) is 10.3. The van der Waals surface area contributed by atoms with Crippen molar-refractivity contribution in [1.29, 1.82) is 0 Å². The minimum atomic E-state index is -0.346. The van der Waals surface area contributed by atoms with Crippen LogP contribution in [0, 0.1) is 10.9 Å². The molecule has 4 heterocycles. The first-order chi connectivity index (χ1) is 17.5. The predicted octanol–water partition coefficient (Wildman–Crippen LogP) is 4.25. The second kappa shape index (κ2) is 9.15. The average molecular weight is 507 g/mol. The van der Waals surface area contributed by atoms with Crippen LogP contribution in [0.1, 0.15) is 20.0 Å². The highest BCUT2D eigenvalue weighted by Crippen LogP contribution is 2.25. The van der Waals surface area contributed by atoms with Gasteiger partial charge >= 0.3 is 0 Å². The summed E-state index contributed by atoms with van der Waals surface area (Å²) in [5.41, 5.74) is 2.47. The van der Waals surface area contributed by atoms with Crippen LogP contribution in [0.5, 0.6) is 0 Å². The van der Waals surface area contributed by atoms with Crippen LogP contribution in [0.2, 0.25) is 0 Å². The van der Waals surface area contributed by atoms with Crippen LogP contribution in [0.25, 0.3) is 16.6 Å². The third kappa shape index (κ3) is 4.18. The highest BCUT2D eigenvalue weighted by Gasteiger charge is 2.37. The van der Waals surface area contributed by atoms with Crippen molar-refractivity contribution in [2.24, 2.45) is 0 Å². The third-order valence-electron chi connectivity index (χ3n) is 7.09. The molecular weight excluding hydrogens is 482 g/mol. The molecule has 2 aromatic carbocycles. The number of likely N-dealkylation sites (tertiary alicyclic amines) is 1. The van der Waals surface area contributed by atoms with E-state index in [0.717, 1.165) is 41.0 Å². The van der Waals surface area contributed by atoms with Crippen molar-refractivity contribution in [2.75, 3.05) is 39.3 Å². The molecule has 0 N–H and O–H groups in total. The molecule has 0 aliphatic carbocycles. The summed E-state index contributed by atoms with van der Waals surface area (Å²) in [7, 11) is 0. The average Bonchev–Trinajstić information content (AvgIpc) is 3.49. The third-order valence-corrected chi connectivity index (χ3v) is 7.96. The van der Waals surface area contributed by atoms with E-state index in [9.17, 15) is 18.4 Å². The van der Waals surface area contributed by atoms with Crippen LogP contribution in [0.3, 0.4) is 0 Å². The van der Waals surface area contributed by atoms with Crippen molar-refractivity contribution < 1.29 is 18.4 Å². The number of carbonyl (C=O) groups is 2. The van der Waals surface area contributed by atoms with Gasteiger partial charge in [-0.3, -0.25) is 14.5 Å². The Balaban J connectivity index is 1.05. The van der Waals surface area contributed by atoms with Gasteiger partial charge in [-0.15, -0.1) is 11.3 Å². The molecule has 2 amide bonds. The Bertz CT molecular complexity index is 1430. The molecule has 4 aromatic rings. The fraction of sp³-hybridized carbons (Fsp3) is 0.259. The fourth-order valence-corrected chi connectivity index (χ4v) is 5.71. The molecule has 0 bridgehead atoms. The summed E-state index contributed by atoms with van der Waals surface area (Å²) in [4.78, 5) is 32.0. The number of rotatable bonds is 4. The number of hydrogen-bond acceptors (Lipinski definition) is 4. The topological polar surface area (TPSA) is 48.8 Å². The molecule has 0 radical (unpaired) electrons. The zero-order chi connectivity index (χ0) is 24.8. The molecule has 2 aliphatic heterocycles. The van der Waals surface area contributed by atoms with E-state index in [-0.39, 0.29) is 28.8 Å². The van der Waals surface area contributed by atoms with Crippen LogP contribution in [-0.4, -0.2) is 76.4 Å². The minimum Gasteiger partial charge on any atom is -0.335 e. The molecule has 6 rings (SSSR count). The van der Waals surface area contributed by atoms with E-state index in [1.807, 2.05) is 39.9 Å². The maximum Gasteiger partial charge on any atom is 0.264 e. The largest absolute Gasteiger partial charge is 0.335 e.